The molecule has 0 saturated heterocycles. The first-order valence-corrected chi connectivity index (χ1v) is 10.3. The summed E-state index contributed by atoms with van der Waals surface area (Å²) in [6.07, 6.45) is 0.0196. The van der Waals surface area contributed by atoms with E-state index in [2.05, 4.69) is 15.3 Å². The molecule has 1 aromatic heterocycles. The van der Waals surface area contributed by atoms with Crippen LogP contribution in [0.25, 0.3) is 0 Å². The molecule has 1 amide bonds. The molecule has 0 unspecified atom stereocenters. The third-order valence-electron chi connectivity index (χ3n) is 4.29. The molecule has 3 rings (SSSR count). The van der Waals surface area contributed by atoms with Crippen molar-refractivity contribution in [2.75, 3.05) is 14.2 Å². The first kappa shape index (κ1) is 21.4. The number of aromatic amines is 1. The van der Waals surface area contributed by atoms with E-state index in [9.17, 15) is 9.59 Å². The van der Waals surface area contributed by atoms with Crippen LogP contribution in [0.4, 0.5) is 0 Å². The average Bonchev–Trinajstić information content (AvgIpc) is 2.76. The average molecular weight is 426 g/mol. The van der Waals surface area contributed by atoms with E-state index in [1.807, 2.05) is 48.5 Å². The van der Waals surface area contributed by atoms with Gasteiger partial charge in [0.05, 0.1) is 26.3 Å². The maximum Gasteiger partial charge on any atom is 0.251 e. The van der Waals surface area contributed by atoms with Crippen molar-refractivity contribution < 1.29 is 14.3 Å². The third kappa shape index (κ3) is 6.12. The highest BCUT2D eigenvalue weighted by Crippen LogP contribution is 2.21. The molecule has 0 saturated carbocycles. The number of amides is 1. The summed E-state index contributed by atoms with van der Waals surface area (Å²) in [5, 5.41) is 3.31. The van der Waals surface area contributed by atoms with Crippen molar-refractivity contribution in [2.24, 2.45) is 0 Å². The number of benzene rings is 2. The van der Waals surface area contributed by atoms with Gasteiger partial charge >= 0.3 is 0 Å². The molecule has 0 spiro atoms. The molecule has 3 aromatic rings. The number of hydrogen-bond acceptors (Lipinski definition) is 6. The van der Waals surface area contributed by atoms with E-state index in [1.54, 1.807) is 14.2 Å². The Bertz CT molecular complexity index is 1070. The van der Waals surface area contributed by atoms with Crippen molar-refractivity contribution in [2.45, 2.75) is 23.9 Å². The van der Waals surface area contributed by atoms with E-state index < -0.39 is 0 Å². The second kappa shape index (κ2) is 10.5. The van der Waals surface area contributed by atoms with Crippen molar-refractivity contribution in [3.8, 4) is 11.5 Å². The highest BCUT2D eigenvalue weighted by molar-refractivity contribution is 7.98. The van der Waals surface area contributed by atoms with Gasteiger partial charge in [0.2, 0.25) is 5.91 Å². The fourth-order valence-electron chi connectivity index (χ4n) is 2.83. The third-order valence-corrected chi connectivity index (χ3v) is 5.24. The van der Waals surface area contributed by atoms with Crippen LogP contribution in [0.3, 0.4) is 0 Å². The predicted molar refractivity (Wildman–Crippen MR) is 116 cm³/mol. The number of thioether (sulfide) groups is 1. The normalized spacial score (nSPS) is 10.5. The van der Waals surface area contributed by atoms with Gasteiger partial charge < -0.3 is 19.8 Å². The van der Waals surface area contributed by atoms with Gasteiger partial charge in [-0.3, -0.25) is 9.59 Å². The molecule has 0 bridgehead atoms. The Morgan fingerprint density at radius 2 is 1.93 bits per heavy atom. The highest BCUT2D eigenvalue weighted by Gasteiger charge is 2.10. The number of H-pyrrole nitrogens is 1. The number of nitrogens with one attached hydrogen (secondary N) is 2. The lowest BCUT2D eigenvalue weighted by Gasteiger charge is -2.09. The van der Waals surface area contributed by atoms with Crippen molar-refractivity contribution >= 4 is 17.7 Å². The summed E-state index contributed by atoms with van der Waals surface area (Å²) in [4.78, 5) is 31.4. The molecule has 0 radical (unpaired) electrons. The van der Waals surface area contributed by atoms with Crippen LogP contribution in [0.5, 0.6) is 11.5 Å². The van der Waals surface area contributed by atoms with Crippen LogP contribution < -0.4 is 20.3 Å². The summed E-state index contributed by atoms with van der Waals surface area (Å²) >= 11 is 1.39. The zero-order valence-corrected chi connectivity index (χ0v) is 17.6. The fraction of sp³-hybridized carbons (Fsp3) is 0.227. The molecule has 156 valence electrons. The largest absolute Gasteiger partial charge is 0.497 e. The van der Waals surface area contributed by atoms with E-state index in [-0.39, 0.29) is 17.9 Å². The number of aromatic nitrogens is 2. The molecule has 1 heterocycles. The quantitative estimate of drug-likeness (QED) is 0.404. The minimum atomic E-state index is -0.286. The Hall–Kier alpha value is -3.26. The molecular weight excluding hydrogens is 402 g/mol. The Morgan fingerprint density at radius 1 is 1.10 bits per heavy atom. The monoisotopic (exact) mass is 425 g/mol. The Balaban J connectivity index is 1.60. The van der Waals surface area contributed by atoms with Crippen molar-refractivity contribution in [3.05, 3.63) is 81.8 Å². The van der Waals surface area contributed by atoms with Crippen LogP contribution in [0.15, 0.2) is 64.5 Å². The van der Waals surface area contributed by atoms with E-state index in [0.717, 1.165) is 16.9 Å². The minimum absolute atomic E-state index is 0.0196. The Morgan fingerprint density at radius 3 is 2.73 bits per heavy atom. The second-order valence-electron chi connectivity index (χ2n) is 6.45. The fourth-order valence-corrected chi connectivity index (χ4v) is 3.66. The van der Waals surface area contributed by atoms with Crippen molar-refractivity contribution in [1.82, 2.24) is 15.3 Å². The van der Waals surface area contributed by atoms with Crippen molar-refractivity contribution in [1.29, 1.82) is 0 Å². The summed E-state index contributed by atoms with van der Waals surface area (Å²) in [5.41, 5.74) is 2.05. The second-order valence-corrected chi connectivity index (χ2v) is 7.41. The first-order chi connectivity index (χ1) is 14.6. The van der Waals surface area contributed by atoms with Gasteiger partial charge in [-0.1, -0.05) is 42.1 Å². The first-order valence-electron chi connectivity index (χ1n) is 9.32. The number of carbonyl (C=O) groups excluding carboxylic acids is 1. The Kier molecular flexibility index (Phi) is 7.51. The summed E-state index contributed by atoms with van der Waals surface area (Å²) in [7, 11) is 3.21. The maximum atomic E-state index is 12.3. The zero-order chi connectivity index (χ0) is 21.3. The number of nitrogens with zero attached hydrogens (tertiary/aromatic N) is 1. The van der Waals surface area contributed by atoms with E-state index in [4.69, 9.17) is 9.47 Å². The molecule has 0 aliphatic rings. The summed E-state index contributed by atoms with van der Waals surface area (Å²) in [6.45, 7) is 0.337. The van der Waals surface area contributed by atoms with Gasteiger partial charge in [0.1, 0.15) is 11.5 Å². The van der Waals surface area contributed by atoms with E-state index in [1.165, 1.54) is 17.8 Å². The lowest BCUT2D eigenvalue weighted by atomic mass is 10.2. The summed E-state index contributed by atoms with van der Waals surface area (Å²) in [6, 6.07) is 16.5. The standard InChI is InChI=1S/C22H23N3O4S/c1-28-18-8-5-6-15(10-18)14-30-22-24-17(12-21(27)25-22)11-20(26)23-13-16-7-3-4-9-19(16)29-2/h3-10,12H,11,13-14H2,1-2H3,(H,23,26)(H,24,25,27). The summed E-state index contributed by atoms with van der Waals surface area (Å²) in [5.74, 6) is 1.88. The minimum Gasteiger partial charge on any atom is -0.497 e. The highest BCUT2D eigenvalue weighted by atomic mass is 32.2. The number of ether oxygens (including phenoxy) is 2. The topological polar surface area (TPSA) is 93.3 Å². The number of methoxy groups -OCH3 is 2. The lowest BCUT2D eigenvalue weighted by Crippen LogP contribution is -2.26. The SMILES string of the molecule is COc1cccc(CSc2nc(CC(=O)NCc3ccccc3OC)cc(=O)[nH]2)c1. The van der Waals surface area contributed by atoms with Gasteiger partial charge in [-0.15, -0.1) is 0 Å². The molecule has 0 fully saturated rings. The van der Waals surface area contributed by atoms with Crippen LogP contribution in [0.2, 0.25) is 0 Å². The van der Waals surface area contributed by atoms with Crippen LogP contribution in [-0.2, 0) is 23.5 Å². The molecule has 30 heavy (non-hydrogen) atoms. The Labute approximate surface area is 178 Å². The predicted octanol–water partition coefficient (Wildman–Crippen LogP) is 2.94. The molecule has 0 atom stereocenters. The number of carbonyl (C=O) groups is 1. The molecular formula is C22H23N3O4S. The molecule has 2 N–H and O–H groups in total. The van der Waals surface area contributed by atoms with E-state index >= 15 is 0 Å². The van der Waals surface area contributed by atoms with Crippen LogP contribution >= 0.6 is 11.8 Å². The van der Waals surface area contributed by atoms with Crippen molar-refractivity contribution in [3.63, 3.8) is 0 Å². The van der Waals surface area contributed by atoms with Gasteiger partial charge in [-0.05, 0) is 23.8 Å². The van der Waals surface area contributed by atoms with Crippen LogP contribution in [0.1, 0.15) is 16.8 Å². The number of para-hydroxylation sites is 1. The molecule has 0 aliphatic carbocycles. The smallest absolute Gasteiger partial charge is 0.251 e. The van der Waals surface area contributed by atoms with Gasteiger partial charge in [0.25, 0.3) is 5.56 Å². The maximum absolute atomic E-state index is 12.3. The van der Waals surface area contributed by atoms with Gasteiger partial charge in [-0.25, -0.2) is 4.98 Å². The van der Waals surface area contributed by atoms with E-state index in [0.29, 0.717) is 28.9 Å². The molecule has 0 aliphatic heterocycles. The van der Waals surface area contributed by atoms with Gasteiger partial charge in [-0.2, -0.15) is 0 Å². The number of rotatable bonds is 9. The van der Waals surface area contributed by atoms with Crippen LogP contribution in [0, 0.1) is 0 Å². The lowest BCUT2D eigenvalue weighted by molar-refractivity contribution is -0.120. The molecule has 2 aromatic carbocycles. The van der Waals surface area contributed by atoms with Crippen LogP contribution in [-0.4, -0.2) is 30.1 Å². The van der Waals surface area contributed by atoms with Gasteiger partial charge in [0, 0.05) is 23.9 Å². The zero-order valence-electron chi connectivity index (χ0n) is 16.8. The van der Waals surface area contributed by atoms with Gasteiger partial charge in [0.15, 0.2) is 5.16 Å². The molecule has 7 nitrogen and oxygen atoms in total. The number of hydrogen-bond donors (Lipinski definition) is 2. The molecule has 8 heteroatoms. The summed E-state index contributed by atoms with van der Waals surface area (Å²) < 4.78 is 10.5.